The number of hydrogen-bond donors (Lipinski definition) is 3. The first-order valence-electron chi connectivity index (χ1n) is 11.9. The van der Waals surface area contributed by atoms with Crippen molar-refractivity contribution < 1.29 is 24.5 Å². The fourth-order valence-electron chi connectivity index (χ4n) is 4.83. The Kier molecular flexibility index (Phi) is 5.57. The van der Waals surface area contributed by atoms with Gasteiger partial charge in [0.15, 0.2) is 11.5 Å². The van der Waals surface area contributed by atoms with Crippen LogP contribution in [-0.4, -0.2) is 40.2 Å². The van der Waals surface area contributed by atoms with Crippen molar-refractivity contribution >= 4 is 22.5 Å². The Morgan fingerprint density at radius 1 is 1.12 bits per heavy atom. The first-order valence-corrected chi connectivity index (χ1v) is 11.9. The van der Waals surface area contributed by atoms with Crippen molar-refractivity contribution in [3.63, 3.8) is 0 Å². The summed E-state index contributed by atoms with van der Waals surface area (Å²) in [6.07, 6.45) is 1.30. The predicted octanol–water partition coefficient (Wildman–Crippen LogP) is 4.08. The molecule has 1 atom stereocenters. The topological polar surface area (TPSA) is 93.0 Å². The summed E-state index contributed by atoms with van der Waals surface area (Å²) < 4.78 is 13.0. The number of hydrogen-bond acceptors (Lipinski definition) is 5. The van der Waals surface area contributed by atoms with E-state index < -0.39 is 11.5 Å². The summed E-state index contributed by atoms with van der Waals surface area (Å²) in [5.41, 5.74) is 3.14. The summed E-state index contributed by atoms with van der Waals surface area (Å²) in [5, 5.41) is 23.7. The van der Waals surface area contributed by atoms with Crippen LogP contribution in [0.1, 0.15) is 51.3 Å². The zero-order chi connectivity index (χ0) is 24.1. The lowest BCUT2D eigenvalue weighted by Crippen LogP contribution is -2.27. The smallest absolute Gasteiger partial charge is 0.235 e. The van der Waals surface area contributed by atoms with Crippen molar-refractivity contribution in [1.82, 2.24) is 4.57 Å². The Morgan fingerprint density at radius 3 is 2.59 bits per heavy atom. The summed E-state index contributed by atoms with van der Waals surface area (Å²) in [6.45, 7) is 7.00. The van der Waals surface area contributed by atoms with Crippen molar-refractivity contribution in [3.05, 3.63) is 53.7 Å². The van der Waals surface area contributed by atoms with Gasteiger partial charge in [-0.25, -0.2) is 0 Å². The summed E-state index contributed by atoms with van der Waals surface area (Å²) in [7, 11) is 0. The fourth-order valence-corrected chi connectivity index (χ4v) is 4.83. The molecule has 0 unspecified atom stereocenters. The second-order valence-corrected chi connectivity index (χ2v) is 10.4. The molecule has 2 aliphatic rings. The third-order valence-electron chi connectivity index (χ3n) is 6.89. The number of rotatable bonds is 7. The highest BCUT2D eigenvalue weighted by atomic mass is 16.7. The standard InChI is InChI=1S/C27H32N2O5/c1-26(2,3)24-13-17-12-19(5-6-21(17)29(24)15-20(31)8-11-30)28-25(32)27(9-10-27)18-4-7-22-23(14-18)34-16-33-22/h4-7,12-14,20,30-31H,8-11,15-16H2,1-3H3,(H,28,32)/t20-/m0/s1. The molecule has 0 saturated heterocycles. The molecule has 1 fully saturated rings. The maximum Gasteiger partial charge on any atom is 0.235 e. The van der Waals surface area contributed by atoms with E-state index in [4.69, 9.17) is 9.47 Å². The van der Waals surface area contributed by atoms with Crippen LogP contribution in [0.15, 0.2) is 42.5 Å². The molecule has 0 spiro atoms. The average Bonchev–Trinajstić information content (AvgIpc) is 3.33. The first kappa shape index (κ1) is 22.7. The molecule has 2 aromatic carbocycles. The van der Waals surface area contributed by atoms with Crippen LogP contribution in [0.25, 0.3) is 10.9 Å². The Balaban J connectivity index is 1.42. The predicted molar refractivity (Wildman–Crippen MR) is 130 cm³/mol. The number of aliphatic hydroxyl groups is 2. The lowest BCUT2D eigenvalue weighted by atomic mass is 9.92. The third-order valence-corrected chi connectivity index (χ3v) is 6.89. The number of ether oxygens (including phenoxy) is 2. The van der Waals surface area contributed by atoms with Gasteiger partial charge in [-0.2, -0.15) is 0 Å². The van der Waals surface area contributed by atoms with Crippen LogP contribution in [0.5, 0.6) is 11.5 Å². The normalized spacial score (nSPS) is 17.1. The monoisotopic (exact) mass is 464 g/mol. The van der Waals surface area contributed by atoms with E-state index >= 15 is 0 Å². The number of carbonyl (C=O) groups excluding carboxylic acids is 1. The number of carbonyl (C=O) groups is 1. The van der Waals surface area contributed by atoms with Crippen LogP contribution in [0, 0.1) is 0 Å². The van der Waals surface area contributed by atoms with E-state index in [-0.39, 0.29) is 24.7 Å². The molecule has 0 radical (unpaired) electrons. The van der Waals surface area contributed by atoms with Gasteiger partial charge in [0.25, 0.3) is 0 Å². The van der Waals surface area contributed by atoms with Gasteiger partial charge in [-0.15, -0.1) is 0 Å². The largest absolute Gasteiger partial charge is 0.454 e. The number of aromatic nitrogens is 1. The van der Waals surface area contributed by atoms with E-state index in [2.05, 4.69) is 36.7 Å². The molecule has 1 amide bonds. The zero-order valence-electron chi connectivity index (χ0n) is 19.9. The molecule has 1 aliphatic carbocycles. The average molecular weight is 465 g/mol. The minimum Gasteiger partial charge on any atom is -0.454 e. The Bertz CT molecular complexity index is 1240. The van der Waals surface area contributed by atoms with Crippen molar-refractivity contribution in [1.29, 1.82) is 0 Å². The minimum atomic E-state index is -0.627. The lowest BCUT2D eigenvalue weighted by molar-refractivity contribution is -0.118. The molecule has 0 bridgehead atoms. The second kappa shape index (κ2) is 8.32. The number of benzene rings is 2. The molecule has 3 N–H and O–H groups in total. The lowest BCUT2D eigenvalue weighted by Gasteiger charge is -2.23. The second-order valence-electron chi connectivity index (χ2n) is 10.4. The van der Waals surface area contributed by atoms with E-state index in [1.54, 1.807) is 0 Å². The first-order chi connectivity index (χ1) is 16.2. The molecule has 5 rings (SSSR count). The Morgan fingerprint density at radius 2 is 1.88 bits per heavy atom. The summed E-state index contributed by atoms with van der Waals surface area (Å²) in [6, 6.07) is 13.8. The molecule has 3 aromatic rings. The summed E-state index contributed by atoms with van der Waals surface area (Å²) in [5.74, 6) is 1.39. The highest BCUT2D eigenvalue weighted by Crippen LogP contribution is 2.51. The maximum atomic E-state index is 13.3. The van der Waals surface area contributed by atoms with Crippen LogP contribution in [0.4, 0.5) is 5.69 Å². The van der Waals surface area contributed by atoms with Gasteiger partial charge in [-0.3, -0.25) is 4.79 Å². The van der Waals surface area contributed by atoms with Gasteiger partial charge in [0.05, 0.1) is 11.5 Å². The van der Waals surface area contributed by atoms with Crippen molar-refractivity contribution in [2.75, 3.05) is 18.7 Å². The Hall–Kier alpha value is -3.03. The van der Waals surface area contributed by atoms with Gasteiger partial charge >= 0.3 is 0 Å². The molecule has 7 heteroatoms. The number of amides is 1. The quantitative estimate of drug-likeness (QED) is 0.490. The number of fused-ring (bicyclic) bond motifs is 2. The molecular weight excluding hydrogens is 432 g/mol. The molecule has 7 nitrogen and oxygen atoms in total. The van der Waals surface area contributed by atoms with Crippen LogP contribution < -0.4 is 14.8 Å². The molecular formula is C27H32N2O5. The molecule has 180 valence electrons. The highest BCUT2D eigenvalue weighted by molar-refractivity contribution is 6.02. The van der Waals surface area contributed by atoms with Crippen molar-refractivity contribution in [2.24, 2.45) is 0 Å². The number of anilines is 1. The minimum absolute atomic E-state index is 0.0143. The van der Waals surface area contributed by atoms with E-state index in [0.29, 0.717) is 24.5 Å². The number of aliphatic hydroxyl groups excluding tert-OH is 2. The molecule has 1 aliphatic heterocycles. The number of nitrogens with zero attached hydrogens (tertiary/aromatic N) is 1. The fraction of sp³-hybridized carbons (Fsp3) is 0.444. The third kappa shape index (κ3) is 4.03. The Labute approximate surface area is 199 Å². The van der Waals surface area contributed by atoms with E-state index in [0.717, 1.165) is 40.7 Å². The molecule has 1 aromatic heterocycles. The van der Waals surface area contributed by atoms with Gasteiger partial charge in [-0.05, 0) is 61.2 Å². The molecule has 2 heterocycles. The maximum absolute atomic E-state index is 13.3. The van der Waals surface area contributed by atoms with Crippen molar-refractivity contribution in [3.8, 4) is 11.5 Å². The summed E-state index contributed by atoms with van der Waals surface area (Å²) in [4.78, 5) is 13.3. The molecule has 34 heavy (non-hydrogen) atoms. The van der Waals surface area contributed by atoms with Crippen LogP contribution >= 0.6 is 0 Å². The van der Waals surface area contributed by atoms with E-state index in [9.17, 15) is 15.0 Å². The summed E-state index contributed by atoms with van der Waals surface area (Å²) >= 11 is 0. The zero-order valence-corrected chi connectivity index (χ0v) is 19.9. The van der Waals surface area contributed by atoms with Crippen molar-refractivity contribution in [2.45, 2.75) is 63.5 Å². The van der Waals surface area contributed by atoms with Crippen LogP contribution in [0.3, 0.4) is 0 Å². The van der Waals surface area contributed by atoms with Crippen LogP contribution in [-0.2, 0) is 22.2 Å². The van der Waals surface area contributed by atoms with Gasteiger partial charge in [0, 0.05) is 40.9 Å². The van der Waals surface area contributed by atoms with E-state index in [1.807, 2.05) is 36.4 Å². The van der Waals surface area contributed by atoms with Gasteiger partial charge < -0.3 is 29.6 Å². The van der Waals surface area contributed by atoms with Gasteiger partial charge in [0.2, 0.25) is 12.7 Å². The number of nitrogens with one attached hydrogen (secondary N) is 1. The van der Waals surface area contributed by atoms with Gasteiger partial charge in [-0.1, -0.05) is 26.8 Å². The van der Waals surface area contributed by atoms with Crippen LogP contribution in [0.2, 0.25) is 0 Å². The molecule has 1 saturated carbocycles. The van der Waals surface area contributed by atoms with E-state index in [1.165, 1.54) is 0 Å². The highest BCUT2D eigenvalue weighted by Gasteiger charge is 2.51. The van der Waals surface area contributed by atoms with Gasteiger partial charge in [0.1, 0.15) is 0 Å². The SMILES string of the molecule is CC(C)(C)c1cc2cc(NC(=O)C3(c4ccc5c(c4)OCO5)CC3)ccc2n1C[C@@H](O)CCO.